The van der Waals surface area contributed by atoms with Gasteiger partial charge in [0, 0.05) is 6.54 Å². The minimum Gasteiger partial charge on any atom is -0.497 e. The van der Waals surface area contributed by atoms with Crippen molar-refractivity contribution in [3.05, 3.63) is 71.8 Å². The summed E-state index contributed by atoms with van der Waals surface area (Å²) in [6.45, 7) is 4.24. The molecule has 0 amide bonds. The Balaban J connectivity index is 1.93. The Kier molecular flexibility index (Phi) is 8.41. The van der Waals surface area contributed by atoms with Crippen molar-refractivity contribution in [2.24, 2.45) is 5.92 Å². The molecule has 0 unspecified atom stereocenters. The Morgan fingerprint density at radius 3 is 2.25 bits per heavy atom. The molecule has 7 heteroatoms. The smallest absolute Gasteiger partial charge is 0.338 e. The summed E-state index contributed by atoms with van der Waals surface area (Å²) in [4.78, 5) is 31.5. The van der Waals surface area contributed by atoms with Gasteiger partial charge in [0.15, 0.2) is 6.10 Å². The normalized spacial score (nSPS) is 20.9. The van der Waals surface area contributed by atoms with Crippen molar-refractivity contribution in [3.8, 4) is 5.75 Å². The number of benzene rings is 2. The van der Waals surface area contributed by atoms with Gasteiger partial charge in [-0.2, -0.15) is 5.06 Å². The SMILES string of the molecule is CCOC(=O)[C@H]1[C@@H](C(=O)OCC)ON(Cc2ccccc2)[C@H]1/C=C/c1ccc(OC)cc1. The average molecular weight is 440 g/mol. The first kappa shape index (κ1) is 23.5. The van der Waals surface area contributed by atoms with Crippen LogP contribution in [0.15, 0.2) is 60.7 Å². The van der Waals surface area contributed by atoms with Crippen molar-refractivity contribution < 1.29 is 28.6 Å². The average Bonchev–Trinajstić information content (AvgIpc) is 3.17. The molecule has 1 heterocycles. The fraction of sp³-hybridized carbons (Fsp3) is 0.360. The molecule has 0 N–H and O–H groups in total. The number of carbonyl (C=O) groups excluding carboxylic acids is 2. The second-order valence-corrected chi connectivity index (χ2v) is 7.24. The maximum Gasteiger partial charge on any atom is 0.338 e. The number of esters is 2. The molecule has 7 nitrogen and oxygen atoms in total. The van der Waals surface area contributed by atoms with Crippen LogP contribution in [-0.4, -0.2) is 49.5 Å². The highest BCUT2D eigenvalue weighted by molar-refractivity contribution is 5.85. The van der Waals surface area contributed by atoms with Gasteiger partial charge in [0.05, 0.1) is 26.4 Å². The Morgan fingerprint density at radius 1 is 0.969 bits per heavy atom. The van der Waals surface area contributed by atoms with E-state index >= 15 is 0 Å². The first-order valence-electron chi connectivity index (χ1n) is 10.7. The fourth-order valence-electron chi connectivity index (χ4n) is 3.60. The van der Waals surface area contributed by atoms with Crippen LogP contribution in [0.3, 0.4) is 0 Å². The molecule has 1 aliphatic rings. The first-order chi connectivity index (χ1) is 15.6. The van der Waals surface area contributed by atoms with Crippen LogP contribution in [0.4, 0.5) is 0 Å². The maximum atomic E-state index is 12.9. The Bertz CT molecular complexity index is 912. The van der Waals surface area contributed by atoms with E-state index in [1.54, 1.807) is 26.0 Å². The summed E-state index contributed by atoms with van der Waals surface area (Å²) in [6.07, 6.45) is 2.68. The molecule has 0 spiro atoms. The maximum absolute atomic E-state index is 12.9. The molecule has 1 aliphatic heterocycles. The van der Waals surface area contributed by atoms with Crippen molar-refractivity contribution >= 4 is 18.0 Å². The molecule has 1 saturated heterocycles. The highest BCUT2D eigenvalue weighted by Gasteiger charge is 2.51. The highest BCUT2D eigenvalue weighted by atomic mass is 16.7. The minimum atomic E-state index is -1.08. The molecule has 0 aromatic heterocycles. The van der Waals surface area contributed by atoms with Gasteiger partial charge in [-0.1, -0.05) is 54.6 Å². The number of methoxy groups -OCH3 is 1. The van der Waals surface area contributed by atoms with Gasteiger partial charge in [0.2, 0.25) is 0 Å². The molecule has 0 aliphatic carbocycles. The van der Waals surface area contributed by atoms with Crippen LogP contribution in [0.2, 0.25) is 0 Å². The summed E-state index contributed by atoms with van der Waals surface area (Å²) in [7, 11) is 1.61. The highest BCUT2D eigenvalue weighted by Crippen LogP contribution is 2.33. The molecule has 32 heavy (non-hydrogen) atoms. The number of hydroxylamine groups is 2. The van der Waals surface area contributed by atoms with Gasteiger partial charge in [0.25, 0.3) is 0 Å². The van der Waals surface area contributed by atoms with Gasteiger partial charge >= 0.3 is 11.9 Å². The quantitative estimate of drug-likeness (QED) is 0.552. The van der Waals surface area contributed by atoms with Crippen molar-refractivity contribution in [1.29, 1.82) is 0 Å². The van der Waals surface area contributed by atoms with Gasteiger partial charge < -0.3 is 14.2 Å². The Morgan fingerprint density at radius 2 is 1.62 bits per heavy atom. The summed E-state index contributed by atoms with van der Waals surface area (Å²) in [5.74, 6) is -1.18. The third-order valence-electron chi connectivity index (χ3n) is 5.14. The predicted octanol–water partition coefficient (Wildman–Crippen LogP) is 3.64. The van der Waals surface area contributed by atoms with Crippen LogP contribution in [-0.2, 0) is 30.4 Å². The van der Waals surface area contributed by atoms with Gasteiger partial charge in [0.1, 0.15) is 11.7 Å². The third kappa shape index (κ3) is 5.75. The van der Waals surface area contributed by atoms with E-state index in [0.717, 1.165) is 16.9 Å². The summed E-state index contributed by atoms with van der Waals surface area (Å²) >= 11 is 0. The van der Waals surface area contributed by atoms with Gasteiger partial charge in [-0.15, -0.1) is 0 Å². The standard InChI is InChI=1S/C25H29NO6/c1-4-30-24(27)22-21(16-13-18-11-14-20(29-3)15-12-18)26(17-19-9-7-6-8-10-19)32-23(22)25(28)31-5-2/h6-16,21-23H,4-5,17H2,1-3H3/b16-13+/t21-,22+,23-/m0/s1. The van der Waals surface area contributed by atoms with E-state index in [-0.39, 0.29) is 13.2 Å². The van der Waals surface area contributed by atoms with Crippen LogP contribution in [0.5, 0.6) is 5.75 Å². The lowest BCUT2D eigenvalue weighted by molar-refractivity contribution is -0.192. The van der Waals surface area contributed by atoms with E-state index in [1.807, 2.05) is 66.7 Å². The number of nitrogens with zero attached hydrogens (tertiary/aromatic N) is 1. The largest absolute Gasteiger partial charge is 0.497 e. The molecule has 170 valence electrons. The van der Waals surface area contributed by atoms with E-state index < -0.39 is 30.0 Å². The van der Waals surface area contributed by atoms with E-state index in [1.165, 1.54) is 0 Å². The summed E-state index contributed by atoms with van der Waals surface area (Å²) in [5, 5.41) is 1.65. The molecular formula is C25H29NO6. The first-order valence-corrected chi connectivity index (χ1v) is 10.7. The molecule has 3 atom stereocenters. The number of hydrogen-bond donors (Lipinski definition) is 0. The molecular weight excluding hydrogens is 410 g/mol. The van der Waals surface area contributed by atoms with E-state index in [0.29, 0.717) is 6.54 Å². The van der Waals surface area contributed by atoms with Crippen molar-refractivity contribution in [1.82, 2.24) is 5.06 Å². The van der Waals surface area contributed by atoms with Gasteiger partial charge in [-0.05, 0) is 37.1 Å². The molecule has 2 aromatic carbocycles. The monoisotopic (exact) mass is 439 g/mol. The number of ether oxygens (including phenoxy) is 3. The number of hydrogen-bond acceptors (Lipinski definition) is 7. The molecule has 0 bridgehead atoms. The second-order valence-electron chi connectivity index (χ2n) is 7.24. The van der Waals surface area contributed by atoms with Crippen LogP contribution in [0.25, 0.3) is 6.08 Å². The molecule has 0 saturated carbocycles. The van der Waals surface area contributed by atoms with E-state index in [4.69, 9.17) is 19.0 Å². The zero-order valence-electron chi connectivity index (χ0n) is 18.6. The van der Waals surface area contributed by atoms with Gasteiger partial charge in [-0.25, -0.2) is 4.79 Å². The molecule has 3 rings (SSSR count). The second kappa shape index (κ2) is 11.5. The molecule has 1 fully saturated rings. The van der Waals surface area contributed by atoms with E-state index in [9.17, 15) is 9.59 Å². The lowest BCUT2D eigenvalue weighted by atomic mass is 9.93. The molecule has 2 aromatic rings. The zero-order valence-corrected chi connectivity index (χ0v) is 18.6. The lowest BCUT2D eigenvalue weighted by Crippen LogP contribution is -2.39. The molecule has 0 radical (unpaired) electrons. The topological polar surface area (TPSA) is 74.3 Å². The van der Waals surface area contributed by atoms with Crippen molar-refractivity contribution in [2.45, 2.75) is 32.5 Å². The van der Waals surface area contributed by atoms with E-state index in [2.05, 4.69) is 0 Å². The van der Waals surface area contributed by atoms with Crippen LogP contribution in [0.1, 0.15) is 25.0 Å². The van der Waals surface area contributed by atoms with Crippen LogP contribution in [0, 0.1) is 5.92 Å². The zero-order chi connectivity index (χ0) is 22.9. The van der Waals surface area contributed by atoms with Gasteiger partial charge in [-0.3, -0.25) is 9.63 Å². The predicted molar refractivity (Wildman–Crippen MR) is 119 cm³/mol. The third-order valence-corrected chi connectivity index (χ3v) is 5.14. The fourth-order valence-corrected chi connectivity index (χ4v) is 3.60. The summed E-state index contributed by atoms with van der Waals surface area (Å²) < 4.78 is 15.7. The van der Waals surface area contributed by atoms with Crippen LogP contribution < -0.4 is 4.74 Å². The van der Waals surface area contributed by atoms with Crippen molar-refractivity contribution in [2.75, 3.05) is 20.3 Å². The number of carbonyl (C=O) groups is 2. The lowest BCUT2D eigenvalue weighted by Gasteiger charge is -2.22. The Hall–Kier alpha value is -3.16. The minimum absolute atomic E-state index is 0.194. The summed E-state index contributed by atoms with van der Waals surface area (Å²) in [6, 6.07) is 16.7. The van der Waals surface area contributed by atoms with Crippen LogP contribution >= 0.6 is 0 Å². The Labute approximate surface area is 188 Å². The van der Waals surface area contributed by atoms with Crippen molar-refractivity contribution in [3.63, 3.8) is 0 Å². The number of rotatable bonds is 9. The summed E-state index contributed by atoms with van der Waals surface area (Å²) in [5.41, 5.74) is 1.91.